The maximum Gasteiger partial charge on any atom is 0.214 e. The summed E-state index contributed by atoms with van der Waals surface area (Å²) in [6.07, 6.45) is 7.03. The Morgan fingerprint density at radius 3 is 2.46 bits per heavy atom. The molecule has 2 aliphatic rings. The Hall–Kier alpha value is -1.35. The van der Waals surface area contributed by atoms with Gasteiger partial charge in [-0.25, -0.2) is 0 Å². The fourth-order valence-corrected chi connectivity index (χ4v) is 4.34. The zero-order chi connectivity index (χ0) is 17.2. The fourth-order valence-electron chi connectivity index (χ4n) is 4.34. The van der Waals surface area contributed by atoms with Crippen molar-refractivity contribution >= 4 is 12.1 Å². The molecular weight excluding hydrogens is 296 g/mol. The molecule has 1 aromatic rings. The molecule has 3 heteroatoms. The average Bonchev–Trinajstić information content (AvgIpc) is 2.71. The lowest BCUT2D eigenvalue weighted by atomic mass is 9.69. The highest BCUT2D eigenvalue weighted by atomic mass is 16.1. The predicted molar refractivity (Wildman–Crippen MR) is 101 cm³/mol. The van der Waals surface area contributed by atoms with Crippen LogP contribution in [0.3, 0.4) is 0 Å². The van der Waals surface area contributed by atoms with Crippen LogP contribution in [0.2, 0.25) is 0 Å². The van der Waals surface area contributed by atoms with Crippen molar-refractivity contribution in [2.24, 2.45) is 5.41 Å². The van der Waals surface area contributed by atoms with Crippen LogP contribution in [0.5, 0.6) is 0 Å². The van der Waals surface area contributed by atoms with Gasteiger partial charge in [0.15, 0.2) is 0 Å². The lowest BCUT2D eigenvalue weighted by Gasteiger charge is -2.43. The first-order valence-electron chi connectivity index (χ1n) is 9.47. The van der Waals surface area contributed by atoms with Crippen molar-refractivity contribution < 1.29 is 4.79 Å². The molecule has 1 fully saturated rings. The molecule has 0 radical (unpaired) electrons. The fraction of sp³-hybridized carbons (Fsp3) is 0.667. The number of amides is 1. The van der Waals surface area contributed by atoms with Crippen LogP contribution in [-0.4, -0.2) is 37.5 Å². The first kappa shape index (κ1) is 17.5. The summed E-state index contributed by atoms with van der Waals surface area (Å²) in [4.78, 5) is 16.0. The Morgan fingerprint density at radius 2 is 1.79 bits per heavy atom. The minimum absolute atomic E-state index is 0.270. The van der Waals surface area contributed by atoms with Gasteiger partial charge in [0.25, 0.3) is 0 Å². The van der Waals surface area contributed by atoms with Crippen molar-refractivity contribution in [3.05, 3.63) is 29.8 Å². The first-order chi connectivity index (χ1) is 11.4. The number of carbonyl (C=O) groups excluding carboxylic acids is 1. The Balaban J connectivity index is 1.76. The summed E-state index contributed by atoms with van der Waals surface area (Å²) in [5.74, 6) is 0. The van der Waals surface area contributed by atoms with Crippen molar-refractivity contribution in [1.82, 2.24) is 4.90 Å². The molecule has 0 unspecified atom stereocenters. The smallest absolute Gasteiger partial charge is 0.214 e. The minimum atomic E-state index is 0.270. The average molecular weight is 329 g/mol. The number of anilines is 1. The number of hydrogen-bond donors (Lipinski definition) is 0. The summed E-state index contributed by atoms with van der Waals surface area (Å²) in [5, 5.41) is 0. The number of fused-ring (bicyclic) bond motifs is 2. The second-order valence-corrected chi connectivity index (χ2v) is 8.85. The monoisotopic (exact) mass is 328 g/mol. The number of carbonyl (C=O) groups is 1. The van der Waals surface area contributed by atoms with Crippen LogP contribution in [0.15, 0.2) is 24.3 Å². The number of para-hydroxylation sites is 1. The molecule has 0 aromatic heterocycles. The highest BCUT2D eigenvalue weighted by Crippen LogP contribution is 2.45. The van der Waals surface area contributed by atoms with Crippen molar-refractivity contribution in [3.63, 3.8) is 0 Å². The molecule has 1 saturated heterocycles. The van der Waals surface area contributed by atoms with Crippen LogP contribution in [0, 0.1) is 5.41 Å². The normalized spacial score (nSPS) is 21.4. The Kier molecular flexibility index (Phi) is 5.00. The third-order valence-electron chi connectivity index (χ3n) is 5.96. The van der Waals surface area contributed by atoms with Gasteiger partial charge in [0.05, 0.1) is 0 Å². The SMILES string of the molecule is CC(C)(C)CCN1CCC2(CCCN(C=O)c3ccccc32)CC1. The molecule has 24 heavy (non-hydrogen) atoms. The van der Waals surface area contributed by atoms with Gasteiger partial charge in [0, 0.05) is 12.2 Å². The van der Waals surface area contributed by atoms with E-state index in [0.717, 1.165) is 25.1 Å². The molecular formula is C21H32N2O. The van der Waals surface area contributed by atoms with E-state index in [1.54, 1.807) is 0 Å². The molecule has 0 aliphatic carbocycles. The van der Waals surface area contributed by atoms with Crippen molar-refractivity contribution in [3.8, 4) is 0 Å². The molecule has 0 saturated carbocycles. The third-order valence-corrected chi connectivity index (χ3v) is 5.96. The van der Waals surface area contributed by atoms with Crippen LogP contribution in [0.25, 0.3) is 0 Å². The lowest BCUT2D eigenvalue weighted by Crippen LogP contribution is -2.43. The van der Waals surface area contributed by atoms with Gasteiger partial charge in [-0.3, -0.25) is 4.79 Å². The molecule has 2 aliphatic heterocycles. The minimum Gasteiger partial charge on any atom is -0.315 e. The standard InChI is InChI=1S/C21H32N2O/c1-20(2,3)10-14-22-15-11-21(12-16-22)9-6-13-23(17-24)19-8-5-4-7-18(19)21/h4-5,7-8,17H,6,9-16H2,1-3H3. The van der Waals surface area contributed by atoms with Crippen LogP contribution in [0.4, 0.5) is 5.69 Å². The van der Waals surface area contributed by atoms with E-state index in [2.05, 4.69) is 49.9 Å². The molecule has 3 nitrogen and oxygen atoms in total. The van der Waals surface area contributed by atoms with Gasteiger partial charge in [-0.2, -0.15) is 0 Å². The first-order valence-corrected chi connectivity index (χ1v) is 9.47. The summed E-state index contributed by atoms with van der Waals surface area (Å²) in [5.41, 5.74) is 3.24. The number of piperidine rings is 1. The summed E-state index contributed by atoms with van der Waals surface area (Å²) >= 11 is 0. The van der Waals surface area contributed by atoms with Crippen LogP contribution >= 0.6 is 0 Å². The van der Waals surface area contributed by atoms with Crippen molar-refractivity contribution in [1.29, 1.82) is 0 Å². The molecule has 2 heterocycles. The van der Waals surface area contributed by atoms with Crippen molar-refractivity contribution in [2.75, 3.05) is 31.1 Å². The van der Waals surface area contributed by atoms with Gasteiger partial charge in [0.2, 0.25) is 6.41 Å². The third kappa shape index (κ3) is 3.66. The van der Waals surface area contributed by atoms with Crippen molar-refractivity contribution in [2.45, 2.75) is 58.3 Å². The highest BCUT2D eigenvalue weighted by molar-refractivity contribution is 5.78. The predicted octanol–water partition coefficient (Wildman–Crippen LogP) is 4.21. The molecule has 132 valence electrons. The number of nitrogens with zero attached hydrogens (tertiary/aromatic N) is 2. The van der Waals surface area contributed by atoms with Gasteiger partial charge in [-0.15, -0.1) is 0 Å². The molecule has 1 amide bonds. The Bertz CT molecular complexity index is 567. The second-order valence-electron chi connectivity index (χ2n) is 8.85. The van der Waals surface area contributed by atoms with E-state index in [9.17, 15) is 4.79 Å². The summed E-state index contributed by atoms with van der Waals surface area (Å²) in [6.45, 7) is 11.4. The Labute approximate surface area is 147 Å². The molecule has 1 aromatic carbocycles. The number of likely N-dealkylation sites (tertiary alicyclic amines) is 1. The van der Waals surface area contributed by atoms with E-state index in [1.807, 2.05) is 4.90 Å². The second kappa shape index (κ2) is 6.87. The van der Waals surface area contributed by atoms with Gasteiger partial charge < -0.3 is 9.80 Å². The van der Waals surface area contributed by atoms with Crippen LogP contribution in [0.1, 0.15) is 58.4 Å². The number of benzene rings is 1. The van der Waals surface area contributed by atoms with E-state index in [4.69, 9.17) is 0 Å². The van der Waals surface area contributed by atoms with Crippen LogP contribution in [-0.2, 0) is 10.2 Å². The van der Waals surface area contributed by atoms with E-state index in [0.29, 0.717) is 5.41 Å². The highest BCUT2D eigenvalue weighted by Gasteiger charge is 2.39. The number of hydrogen-bond acceptors (Lipinski definition) is 2. The maximum absolute atomic E-state index is 11.5. The summed E-state index contributed by atoms with van der Waals surface area (Å²) in [6, 6.07) is 8.60. The Morgan fingerprint density at radius 1 is 1.08 bits per heavy atom. The lowest BCUT2D eigenvalue weighted by molar-refractivity contribution is -0.107. The van der Waals surface area contributed by atoms with E-state index in [1.165, 1.54) is 50.9 Å². The molecule has 0 bridgehead atoms. The maximum atomic E-state index is 11.5. The topological polar surface area (TPSA) is 23.6 Å². The zero-order valence-corrected chi connectivity index (χ0v) is 15.6. The van der Waals surface area contributed by atoms with Gasteiger partial charge in [0.1, 0.15) is 0 Å². The largest absolute Gasteiger partial charge is 0.315 e. The van der Waals surface area contributed by atoms with E-state index >= 15 is 0 Å². The van der Waals surface area contributed by atoms with E-state index in [-0.39, 0.29) is 5.41 Å². The molecule has 1 spiro atoms. The van der Waals surface area contributed by atoms with E-state index < -0.39 is 0 Å². The quantitative estimate of drug-likeness (QED) is 0.776. The zero-order valence-electron chi connectivity index (χ0n) is 15.6. The van der Waals surface area contributed by atoms with Gasteiger partial charge in [-0.05, 0) is 74.2 Å². The molecule has 0 N–H and O–H groups in total. The summed E-state index contributed by atoms with van der Waals surface area (Å²) in [7, 11) is 0. The van der Waals surface area contributed by atoms with Gasteiger partial charge in [-0.1, -0.05) is 39.0 Å². The summed E-state index contributed by atoms with van der Waals surface area (Å²) < 4.78 is 0. The van der Waals surface area contributed by atoms with Gasteiger partial charge >= 0.3 is 0 Å². The molecule has 0 atom stereocenters. The van der Waals surface area contributed by atoms with Crippen LogP contribution < -0.4 is 4.90 Å². The molecule has 3 rings (SSSR count). The number of rotatable bonds is 3.